The number of hydrogen-bond acceptors (Lipinski definition) is 5. The second-order valence-electron chi connectivity index (χ2n) is 5.65. The summed E-state index contributed by atoms with van der Waals surface area (Å²) in [6.07, 6.45) is 1.80. The molecule has 0 saturated heterocycles. The van der Waals surface area contributed by atoms with Gasteiger partial charge in [-0.25, -0.2) is 0 Å². The number of ketones is 1. The third-order valence-corrected chi connectivity index (χ3v) is 5.65. The summed E-state index contributed by atoms with van der Waals surface area (Å²) in [6.45, 7) is 1.79. The number of carbonyl (C=O) groups is 1. The molecule has 2 aromatic carbocycles. The number of Topliss-reactive ketones (excluding diaryl/α,β-unsaturated/α-hetero) is 1. The molecule has 0 bridgehead atoms. The summed E-state index contributed by atoms with van der Waals surface area (Å²) >= 11 is 0.155. The Bertz CT molecular complexity index is 833. The van der Waals surface area contributed by atoms with E-state index in [0.717, 1.165) is 10.0 Å². The molecule has 6 heteroatoms. The van der Waals surface area contributed by atoms with Gasteiger partial charge in [0, 0.05) is 0 Å². The Kier molecular flexibility index (Phi) is 7.34. The van der Waals surface area contributed by atoms with Gasteiger partial charge in [-0.15, -0.1) is 0 Å². The van der Waals surface area contributed by atoms with Gasteiger partial charge < -0.3 is 0 Å². The number of benzene rings is 2. The Morgan fingerprint density at radius 2 is 1.59 bits per heavy atom. The van der Waals surface area contributed by atoms with Crippen LogP contribution >= 0.6 is 0 Å². The fourth-order valence-electron chi connectivity index (χ4n) is 2.76. The van der Waals surface area contributed by atoms with Crippen LogP contribution in [-0.4, -0.2) is 49.2 Å². The Labute approximate surface area is 166 Å². The van der Waals surface area contributed by atoms with Crippen LogP contribution in [0.15, 0.2) is 35.9 Å². The predicted molar refractivity (Wildman–Crippen MR) is 108 cm³/mol. The number of carbonyl (C=O) groups excluding carboxylic acids is 1. The number of allylic oxidation sites excluding steroid dienone is 1. The molecule has 0 spiro atoms. The molecule has 0 aromatic heterocycles. The summed E-state index contributed by atoms with van der Waals surface area (Å²) in [5, 5.41) is 0. The topological polar surface area (TPSA) is 54.0 Å². The minimum atomic E-state index is -0.0775. The van der Waals surface area contributed by atoms with Gasteiger partial charge in [0.05, 0.1) is 0 Å². The summed E-state index contributed by atoms with van der Waals surface area (Å²) in [6, 6.07) is 9.16. The fourth-order valence-corrected chi connectivity index (χ4v) is 4.05. The quantitative estimate of drug-likeness (QED) is 0.362. The first-order chi connectivity index (χ1) is 13.0. The maximum atomic E-state index is 13.0. The van der Waals surface area contributed by atoms with Gasteiger partial charge in [0.2, 0.25) is 0 Å². The van der Waals surface area contributed by atoms with Gasteiger partial charge >= 0.3 is 166 Å². The predicted octanol–water partition coefficient (Wildman–Crippen LogP) is 3.38. The van der Waals surface area contributed by atoms with E-state index in [1.165, 1.54) is 0 Å². The molecule has 0 unspecified atom stereocenters. The average molecular weight is 435 g/mol. The van der Waals surface area contributed by atoms with Crippen molar-refractivity contribution in [3.63, 3.8) is 0 Å². The zero-order chi connectivity index (χ0) is 20.0. The summed E-state index contributed by atoms with van der Waals surface area (Å²) in [4.78, 5) is 13.0. The molecule has 2 rings (SSSR count). The van der Waals surface area contributed by atoms with Gasteiger partial charge in [0.25, 0.3) is 0 Å². The summed E-state index contributed by atoms with van der Waals surface area (Å²) in [5.74, 6) is 4.46. The molecule has 0 radical (unpaired) electrons. The molecular weight excluding hydrogens is 411 g/mol. The van der Waals surface area contributed by atoms with Crippen LogP contribution < -0.4 is 23.4 Å². The van der Waals surface area contributed by atoms with E-state index in [1.54, 1.807) is 47.5 Å². The van der Waals surface area contributed by atoms with E-state index in [-0.39, 0.29) is 20.7 Å². The van der Waals surface area contributed by atoms with Crippen molar-refractivity contribution >= 4 is 31.3 Å². The van der Waals surface area contributed by atoms with Crippen molar-refractivity contribution in [1.29, 1.82) is 0 Å². The van der Waals surface area contributed by atoms with Crippen molar-refractivity contribution in [2.24, 2.45) is 0 Å². The van der Waals surface area contributed by atoms with Crippen molar-refractivity contribution in [2.45, 2.75) is 12.7 Å². The molecule has 27 heavy (non-hydrogen) atoms. The number of ether oxygens (including phenoxy) is 4. The maximum absolute atomic E-state index is 13.0. The third kappa shape index (κ3) is 4.46. The van der Waals surface area contributed by atoms with Gasteiger partial charge in [0.15, 0.2) is 0 Å². The van der Waals surface area contributed by atoms with E-state index in [0.29, 0.717) is 34.1 Å². The molecule has 0 aliphatic carbocycles. The van der Waals surface area contributed by atoms with Crippen LogP contribution in [0.1, 0.15) is 22.8 Å². The van der Waals surface area contributed by atoms with Gasteiger partial charge in [-0.3, -0.25) is 0 Å². The molecule has 2 aromatic rings. The minimum absolute atomic E-state index is 0.0775. The summed E-state index contributed by atoms with van der Waals surface area (Å²) in [7, 11) is 6.34. The number of methoxy groups -OCH3 is 4. The Hall–Kier alpha value is -2.43. The van der Waals surface area contributed by atoms with Gasteiger partial charge in [-0.1, -0.05) is 0 Å². The molecule has 0 fully saturated rings. The van der Waals surface area contributed by atoms with E-state index >= 15 is 0 Å². The van der Waals surface area contributed by atoms with Crippen LogP contribution in [-0.2, 0) is 0 Å². The van der Waals surface area contributed by atoms with Crippen LogP contribution in [0.5, 0.6) is 23.0 Å². The molecule has 0 aliphatic heterocycles. The molecule has 0 heterocycles. The van der Waals surface area contributed by atoms with Crippen LogP contribution in [0.3, 0.4) is 0 Å². The fraction of sp³-hybridized carbons (Fsp3) is 0.286. The summed E-state index contributed by atoms with van der Waals surface area (Å²) < 4.78 is 22.6. The monoisotopic (exact) mass is 436 g/mol. The van der Waals surface area contributed by atoms with Gasteiger partial charge in [-0.05, 0) is 0 Å². The standard InChI is InChI=1S/C21H24O5Se/c1-13(10-14-8-7-9-16(23-2)20(14)25-4)19(22)15-11-17(24-3)21(26-5)18(12-15)27-6/h7-12H,1-6H3/b13-10+. The van der Waals surface area contributed by atoms with E-state index in [1.807, 2.05) is 24.3 Å². The third-order valence-electron chi connectivity index (χ3n) is 4.09. The second kappa shape index (κ2) is 9.49. The van der Waals surface area contributed by atoms with E-state index in [2.05, 4.69) is 5.82 Å². The zero-order valence-corrected chi connectivity index (χ0v) is 18.1. The average Bonchev–Trinajstić information content (AvgIpc) is 2.71. The van der Waals surface area contributed by atoms with Crippen molar-refractivity contribution in [3.05, 3.63) is 47.0 Å². The van der Waals surface area contributed by atoms with Crippen LogP contribution in [0.25, 0.3) is 6.08 Å². The molecule has 0 saturated carbocycles. The Morgan fingerprint density at radius 1 is 0.926 bits per heavy atom. The first-order valence-electron chi connectivity index (χ1n) is 8.24. The van der Waals surface area contributed by atoms with Crippen LogP contribution in [0, 0.1) is 0 Å². The number of rotatable bonds is 8. The Morgan fingerprint density at radius 3 is 2.15 bits per heavy atom. The van der Waals surface area contributed by atoms with Gasteiger partial charge in [0.1, 0.15) is 0 Å². The number of para-hydroxylation sites is 1. The van der Waals surface area contributed by atoms with Crippen molar-refractivity contribution in [3.8, 4) is 23.0 Å². The van der Waals surface area contributed by atoms with Crippen molar-refractivity contribution < 1.29 is 23.7 Å². The first kappa shape index (κ1) is 20.9. The molecule has 0 amide bonds. The molecule has 0 N–H and O–H groups in total. The SMILES string of the molecule is COc1cccc(/C=C(\C)C(=O)c2cc(OC)c(OC)c([Se]C)c2)c1OC. The van der Waals surface area contributed by atoms with E-state index in [4.69, 9.17) is 18.9 Å². The van der Waals surface area contributed by atoms with E-state index in [9.17, 15) is 4.79 Å². The van der Waals surface area contributed by atoms with Crippen LogP contribution in [0.2, 0.25) is 5.82 Å². The zero-order valence-electron chi connectivity index (χ0n) is 16.4. The number of hydrogen-bond donors (Lipinski definition) is 0. The molecule has 5 nitrogen and oxygen atoms in total. The van der Waals surface area contributed by atoms with Crippen LogP contribution in [0.4, 0.5) is 0 Å². The first-order valence-corrected chi connectivity index (χ1v) is 10.8. The van der Waals surface area contributed by atoms with Crippen molar-refractivity contribution in [2.75, 3.05) is 28.4 Å². The molecule has 0 aliphatic rings. The molecule has 144 valence electrons. The second-order valence-corrected chi connectivity index (χ2v) is 7.43. The summed E-state index contributed by atoms with van der Waals surface area (Å²) in [5.41, 5.74) is 1.94. The Balaban J connectivity index is 2.48. The van der Waals surface area contributed by atoms with E-state index < -0.39 is 0 Å². The molecular formula is C21H24O5Se. The normalized spacial score (nSPS) is 11.1. The van der Waals surface area contributed by atoms with Crippen molar-refractivity contribution in [1.82, 2.24) is 0 Å². The molecule has 0 atom stereocenters. The van der Waals surface area contributed by atoms with Gasteiger partial charge in [-0.2, -0.15) is 0 Å².